The summed E-state index contributed by atoms with van der Waals surface area (Å²) >= 11 is 0. The number of benzene rings is 3. The molecule has 2 aliphatic rings. The molecule has 0 saturated heterocycles. The van der Waals surface area contributed by atoms with Gasteiger partial charge in [-0.15, -0.1) is 12.8 Å². The highest BCUT2D eigenvalue weighted by Crippen LogP contribution is 2.36. The van der Waals surface area contributed by atoms with E-state index >= 15 is 0 Å². The van der Waals surface area contributed by atoms with E-state index in [1.165, 1.54) is 42.5 Å². The molecule has 0 radical (unpaired) electrons. The standard InChI is InChI=1S/C31H20N2O6/c1-4-7-12-39-31(38)20-15-21(32-27(34)23-10-8-18(5-2)13-25(23)29(32)36)17-22(16-20)33-28(35)24-11-9-19(6-3)14-26(24)30(33)37/h2-3,8-11,13-17H,4,7,12H2,1H3. The topological polar surface area (TPSA) is 101 Å². The number of carbonyl (C=O) groups is 5. The molecule has 0 aromatic heterocycles. The second kappa shape index (κ2) is 9.77. The molecule has 0 unspecified atom stereocenters. The molecular formula is C31H20N2O6. The maximum atomic E-state index is 13.3. The van der Waals surface area contributed by atoms with Crippen molar-refractivity contribution in [2.24, 2.45) is 0 Å². The molecule has 0 spiro atoms. The van der Waals surface area contributed by atoms with Crippen LogP contribution >= 0.6 is 0 Å². The van der Waals surface area contributed by atoms with Crippen LogP contribution in [-0.4, -0.2) is 36.2 Å². The van der Waals surface area contributed by atoms with Gasteiger partial charge in [-0.25, -0.2) is 14.6 Å². The Morgan fingerprint density at radius 2 is 1.18 bits per heavy atom. The molecule has 2 heterocycles. The largest absolute Gasteiger partial charge is 0.462 e. The molecule has 3 aromatic carbocycles. The summed E-state index contributed by atoms with van der Waals surface area (Å²) in [5.41, 5.74) is 1.27. The fraction of sp³-hybridized carbons (Fsp3) is 0.129. The SMILES string of the molecule is C#Cc1ccc2c(c1)C(=O)N(c1cc(C(=O)OCCCC)cc(N3C(=O)c4ccc(C#C)cc4C3=O)c1)C2=O. The minimum Gasteiger partial charge on any atom is -0.462 e. The van der Waals surface area contributed by atoms with Gasteiger partial charge in [0.1, 0.15) is 0 Å². The van der Waals surface area contributed by atoms with Crippen molar-refractivity contribution in [1.29, 1.82) is 0 Å². The number of rotatable bonds is 6. The van der Waals surface area contributed by atoms with Crippen LogP contribution in [0, 0.1) is 24.7 Å². The van der Waals surface area contributed by atoms with Crippen molar-refractivity contribution in [3.63, 3.8) is 0 Å². The molecular weight excluding hydrogens is 496 g/mol. The number of anilines is 2. The fourth-order valence-electron chi connectivity index (χ4n) is 4.49. The molecule has 0 fully saturated rings. The van der Waals surface area contributed by atoms with Crippen molar-refractivity contribution in [1.82, 2.24) is 0 Å². The number of hydrogen-bond donors (Lipinski definition) is 0. The van der Waals surface area contributed by atoms with Gasteiger partial charge in [0.2, 0.25) is 0 Å². The van der Waals surface area contributed by atoms with E-state index in [4.69, 9.17) is 17.6 Å². The number of fused-ring (bicyclic) bond motifs is 2. The first-order chi connectivity index (χ1) is 18.8. The normalized spacial score (nSPS) is 13.7. The molecule has 0 saturated carbocycles. The lowest BCUT2D eigenvalue weighted by atomic mass is 10.1. The minimum atomic E-state index is -0.732. The van der Waals surface area contributed by atoms with E-state index < -0.39 is 29.6 Å². The molecule has 0 bridgehead atoms. The van der Waals surface area contributed by atoms with Crippen molar-refractivity contribution >= 4 is 41.0 Å². The van der Waals surface area contributed by atoms with Crippen LogP contribution in [0.25, 0.3) is 0 Å². The van der Waals surface area contributed by atoms with Crippen molar-refractivity contribution in [3.8, 4) is 24.7 Å². The van der Waals surface area contributed by atoms with Crippen LogP contribution in [0.15, 0.2) is 54.6 Å². The van der Waals surface area contributed by atoms with Gasteiger partial charge in [0.15, 0.2) is 0 Å². The second-order valence-corrected chi connectivity index (χ2v) is 8.93. The van der Waals surface area contributed by atoms with Crippen LogP contribution in [0.2, 0.25) is 0 Å². The molecule has 0 atom stereocenters. The number of ether oxygens (including phenoxy) is 1. The van der Waals surface area contributed by atoms with Gasteiger partial charge in [0.25, 0.3) is 23.6 Å². The quantitative estimate of drug-likeness (QED) is 0.211. The summed E-state index contributed by atoms with van der Waals surface area (Å²) in [6.07, 6.45) is 12.3. The highest BCUT2D eigenvalue weighted by molar-refractivity contribution is 6.36. The first-order valence-electron chi connectivity index (χ1n) is 12.1. The van der Waals surface area contributed by atoms with E-state index in [9.17, 15) is 24.0 Å². The second-order valence-electron chi connectivity index (χ2n) is 8.93. The third-order valence-electron chi connectivity index (χ3n) is 6.49. The monoisotopic (exact) mass is 516 g/mol. The molecule has 39 heavy (non-hydrogen) atoms. The molecule has 4 amide bonds. The van der Waals surface area contributed by atoms with Crippen LogP contribution in [0.1, 0.15) is 82.7 Å². The average molecular weight is 517 g/mol. The third kappa shape index (κ3) is 4.14. The maximum Gasteiger partial charge on any atom is 0.338 e. The van der Waals surface area contributed by atoms with Crippen molar-refractivity contribution in [3.05, 3.63) is 93.5 Å². The highest BCUT2D eigenvalue weighted by Gasteiger charge is 2.40. The van der Waals surface area contributed by atoms with Gasteiger partial charge >= 0.3 is 5.97 Å². The zero-order valence-electron chi connectivity index (χ0n) is 20.8. The maximum absolute atomic E-state index is 13.3. The lowest BCUT2D eigenvalue weighted by Crippen LogP contribution is -2.32. The van der Waals surface area contributed by atoms with Gasteiger partial charge in [0.05, 0.1) is 45.8 Å². The summed E-state index contributed by atoms with van der Waals surface area (Å²) in [5, 5.41) is 0. The van der Waals surface area contributed by atoms with Gasteiger partial charge in [-0.2, -0.15) is 0 Å². The molecule has 5 rings (SSSR count). The minimum absolute atomic E-state index is 0.00994. The molecule has 3 aromatic rings. The predicted octanol–water partition coefficient (Wildman–Crippen LogP) is 4.21. The molecule has 2 aliphatic heterocycles. The number of esters is 1. The van der Waals surface area contributed by atoms with E-state index in [0.717, 1.165) is 16.2 Å². The van der Waals surface area contributed by atoms with Gasteiger partial charge in [-0.05, 0) is 61.0 Å². The lowest BCUT2D eigenvalue weighted by molar-refractivity contribution is 0.0498. The lowest BCUT2D eigenvalue weighted by Gasteiger charge is -2.20. The first kappa shape index (κ1) is 25.2. The van der Waals surface area contributed by atoms with Crippen LogP contribution < -0.4 is 9.80 Å². The van der Waals surface area contributed by atoms with Crippen LogP contribution in [-0.2, 0) is 4.74 Å². The van der Waals surface area contributed by atoms with E-state index in [2.05, 4.69) is 11.8 Å². The van der Waals surface area contributed by atoms with Gasteiger partial charge in [0, 0.05) is 11.1 Å². The first-order valence-corrected chi connectivity index (χ1v) is 12.1. The van der Waals surface area contributed by atoms with E-state index in [1.807, 2.05) is 6.92 Å². The van der Waals surface area contributed by atoms with Gasteiger partial charge in [-0.3, -0.25) is 19.2 Å². The van der Waals surface area contributed by atoms with Crippen LogP contribution in [0.3, 0.4) is 0 Å². The average Bonchev–Trinajstić information content (AvgIpc) is 3.35. The summed E-state index contributed by atoms with van der Waals surface area (Å²) in [5.74, 6) is 1.54. The molecule has 190 valence electrons. The zero-order valence-corrected chi connectivity index (χ0v) is 20.8. The number of hydrogen-bond acceptors (Lipinski definition) is 6. The number of imide groups is 2. The summed E-state index contributed by atoms with van der Waals surface area (Å²) < 4.78 is 5.34. The Kier molecular flexibility index (Phi) is 6.31. The van der Waals surface area contributed by atoms with Crippen molar-refractivity contribution in [2.75, 3.05) is 16.4 Å². The molecule has 8 heteroatoms. The predicted molar refractivity (Wildman–Crippen MR) is 143 cm³/mol. The van der Waals surface area contributed by atoms with E-state index in [0.29, 0.717) is 17.5 Å². The fourth-order valence-corrected chi connectivity index (χ4v) is 4.49. The Hall–Kier alpha value is -5.47. The summed E-state index contributed by atoms with van der Waals surface area (Å²) in [6.45, 7) is 2.09. The zero-order chi connectivity index (χ0) is 27.8. The number of nitrogens with zero attached hydrogens (tertiary/aromatic N) is 2. The van der Waals surface area contributed by atoms with E-state index in [-0.39, 0.29) is 45.8 Å². The van der Waals surface area contributed by atoms with Crippen molar-refractivity contribution < 1.29 is 28.7 Å². The Bertz CT molecular complexity index is 1590. The summed E-state index contributed by atoms with van der Waals surface area (Å²) in [4.78, 5) is 67.9. The van der Waals surface area contributed by atoms with Gasteiger partial charge < -0.3 is 4.74 Å². The Morgan fingerprint density at radius 3 is 1.62 bits per heavy atom. The smallest absolute Gasteiger partial charge is 0.338 e. The van der Waals surface area contributed by atoms with E-state index in [1.54, 1.807) is 12.1 Å². The van der Waals surface area contributed by atoms with Crippen LogP contribution in [0.5, 0.6) is 0 Å². The van der Waals surface area contributed by atoms with Crippen LogP contribution in [0.4, 0.5) is 11.4 Å². The van der Waals surface area contributed by atoms with Gasteiger partial charge in [-0.1, -0.05) is 25.2 Å². The Morgan fingerprint density at radius 1 is 0.718 bits per heavy atom. The number of unbranched alkanes of at least 4 members (excludes halogenated alkanes) is 1. The summed E-state index contributed by atoms with van der Waals surface area (Å²) in [7, 11) is 0. The number of amides is 4. The number of terminal acetylenes is 2. The molecule has 8 nitrogen and oxygen atoms in total. The molecule has 0 aliphatic carbocycles. The van der Waals surface area contributed by atoms with Crippen molar-refractivity contribution in [2.45, 2.75) is 19.8 Å². The molecule has 0 N–H and O–H groups in total. The summed E-state index contributed by atoms with van der Waals surface area (Å²) in [6, 6.07) is 12.8. The number of carbonyl (C=O) groups excluding carboxylic acids is 5. The third-order valence-corrected chi connectivity index (χ3v) is 6.49. The Labute approximate surface area is 224 Å². The Balaban J connectivity index is 1.61. The highest BCUT2D eigenvalue weighted by atomic mass is 16.5.